The van der Waals surface area contributed by atoms with Crippen LogP contribution >= 0.6 is 22.7 Å². The minimum absolute atomic E-state index is 0.177. The summed E-state index contributed by atoms with van der Waals surface area (Å²) >= 11 is 3.17. The molecule has 3 aromatic heterocycles. The van der Waals surface area contributed by atoms with Gasteiger partial charge in [-0.3, -0.25) is 4.79 Å². The first kappa shape index (κ1) is 17.7. The lowest BCUT2D eigenvalue weighted by Crippen LogP contribution is -2.31. The summed E-state index contributed by atoms with van der Waals surface area (Å²) in [5.74, 6) is -0.471. The molecule has 0 saturated carbocycles. The summed E-state index contributed by atoms with van der Waals surface area (Å²) in [5.41, 5.74) is 1.19. The van der Waals surface area contributed by atoms with Crippen molar-refractivity contribution in [3.05, 3.63) is 68.4 Å². The summed E-state index contributed by atoms with van der Waals surface area (Å²) in [6, 6.07) is 9.24. The van der Waals surface area contributed by atoms with E-state index < -0.39 is 5.97 Å². The van der Waals surface area contributed by atoms with E-state index in [-0.39, 0.29) is 18.6 Å². The molecule has 0 spiro atoms. The number of aryl methyl sites for hydroxylation is 1. The van der Waals surface area contributed by atoms with Gasteiger partial charge in [0.1, 0.15) is 11.3 Å². The summed E-state index contributed by atoms with van der Waals surface area (Å²) in [7, 11) is 0. The maximum absolute atomic E-state index is 12.8. The van der Waals surface area contributed by atoms with E-state index in [1.54, 1.807) is 29.6 Å². The van der Waals surface area contributed by atoms with Crippen molar-refractivity contribution in [3.63, 3.8) is 0 Å². The van der Waals surface area contributed by atoms with Crippen molar-refractivity contribution in [1.29, 1.82) is 0 Å². The molecule has 0 aromatic carbocycles. The van der Waals surface area contributed by atoms with Gasteiger partial charge >= 0.3 is 5.97 Å². The van der Waals surface area contributed by atoms with Gasteiger partial charge in [0.25, 0.3) is 5.91 Å². The van der Waals surface area contributed by atoms with Gasteiger partial charge in [0.2, 0.25) is 0 Å². The first-order valence-corrected chi connectivity index (χ1v) is 10.1. The van der Waals surface area contributed by atoms with Gasteiger partial charge < -0.3 is 9.15 Å². The molecule has 138 valence electrons. The van der Waals surface area contributed by atoms with E-state index in [1.165, 1.54) is 17.3 Å². The fourth-order valence-corrected chi connectivity index (χ4v) is 4.44. The highest BCUT2D eigenvalue weighted by molar-refractivity contribution is 7.12. The molecule has 0 fully saturated rings. The smallest absolute Gasteiger partial charge is 0.342 e. The van der Waals surface area contributed by atoms with Crippen LogP contribution in [0.2, 0.25) is 0 Å². The average Bonchev–Trinajstić information content (AvgIpc) is 3.45. The Morgan fingerprint density at radius 2 is 2.07 bits per heavy atom. The van der Waals surface area contributed by atoms with Crippen LogP contribution in [0.5, 0.6) is 0 Å². The Kier molecular flexibility index (Phi) is 4.91. The molecular weight excluding hydrogens is 384 g/mol. The minimum Gasteiger partial charge on any atom is -0.469 e. The van der Waals surface area contributed by atoms with Crippen LogP contribution in [0.25, 0.3) is 0 Å². The molecule has 4 heterocycles. The second-order valence-electron chi connectivity index (χ2n) is 5.96. The maximum atomic E-state index is 12.8. The van der Waals surface area contributed by atoms with Crippen LogP contribution in [0.3, 0.4) is 0 Å². The maximum Gasteiger partial charge on any atom is 0.342 e. The molecule has 0 unspecified atom stereocenters. The minimum atomic E-state index is -0.580. The Morgan fingerprint density at radius 1 is 1.26 bits per heavy atom. The van der Waals surface area contributed by atoms with E-state index in [0.717, 1.165) is 15.5 Å². The monoisotopic (exact) mass is 400 g/mol. The predicted molar refractivity (Wildman–Crippen MR) is 103 cm³/mol. The SMILES string of the molecule is Cc1occc1C(=O)OCC(=O)N1N=C(c2cccs2)C[C@@H]1c1cccs1. The average molecular weight is 400 g/mol. The molecule has 0 radical (unpaired) electrons. The standard InChI is InChI=1S/C19H16N2O4S2/c1-12-13(6-7-24-12)19(23)25-11-18(22)21-15(17-5-3-9-27-17)10-14(20-21)16-4-2-8-26-16/h2-9,15H,10-11H2,1H3/t15-/m1/s1. The number of thiophene rings is 2. The largest absolute Gasteiger partial charge is 0.469 e. The van der Waals surface area contributed by atoms with Crippen LogP contribution in [0.15, 0.2) is 56.9 Å². The number of nitrogens with zero attached hydrogens (tertiary/aromatic N) is 2. The molecule has 27 heavy (non-hydrogen) atoms. The number of hydrogen-bond donors (Lipinski definition) is 0. The topological polar surface area (TPSA) is 72.1 Å². The molecule has 1 atom stereocenters. The summed E-state index contributed by atoms with van der Waals surface area (Å²) in [4.78, 5) is 27.0. The Hall–Kier alpha value is -2.71. The van der Waals surface area contributed by atoms with E-state index in [1.807, 2.05) is 35.0 Å². The molecule has 1 aliphatic rings. The third-order valence-electron chi connectivity index (χ3n) is 4.25. The van der Waals surface area contributed by atoms with E-state index >= 15 is 0 Å². The van der Waals surface area contributed by atoms with Crippen molar-refractivity contribution in [1.82, 2.24) is 5.01 Å². The van der Waals surface area contributed by atoms with Crippen molar-refractivity contribution in [2.24, 2.45) is 5.10 Å². The Bertz CT molecular complexity index is 973. The van der Waals surface area contributed by atoms with Gasteiger partial charge in [0.15, 0.2) is 6.61 Å². The molecule has 0 bridgehead atoms. The molecule has 6 nitrogen and oxygen atoms in total. The quantitative estimate of drug-likeness (QED) is 0.601. The van der Waals surface area contributed by atoms with Crippen LogP contribution in [-0.2, 0) is 9.53 Å². The third kappa shape index (κ3) is 3.58. The van der Waals surface area contributed by atoms with Gasteiger partial charge in [-0.2, -0.15) is 5.10 Å². The zero-order chi connectivity index (χ0) is 18.8. The molecule has 0 N–H and O–H groups in total. The summed E-state index contributed by atoms with van der Waals surface area (Å²) < 4.78 is 10.3. The van der Waals surface area contributed by atoms with E-state index in [2.05, 4.69) is 5.10 Å². The molecule has 1 aliphatic heterocycles. The highest BCUT2D eigenvalue weighted by Crippen LogP contribution is 2.35. The fourth-order valence-electron chi connectivity index (χ4n) is 2.90. The molecule has 3 aromatic rings. The van der Waals surface area contributed by atoms with Gasteiger partial charge in [-0.1, -0.05) is 12.1 Å². The zero-order valence-electron chi connectivity index (χ0n) is 14.5. The fraction of sp³-hybridized carbons (Fsp3) is 0.211. The lowest BCUT2D eigenvalue weighted by molar-refractivity contribution is -0.136. The number of carbonyl (C=O) groups is 2. The van der Waals surface area contributed by atoms with Crippen LogP contribution < -0.4 is 0 Å². The lowest BCUT2D eigenvalue weighted by Gasteiger charge is -2.20. The highest BCUT2D eigenvalue weighted by Gasteiger charge is 2.34. The van der Waals surface area contributed by atoms with E-state index in [9.17, 15) is 9.59 Å². The van der Waals surface area contributed by atoms with Crippen molar-refractivity contribution in [2.45, 2.75) is 19.4 Å². The number of rotatable bonds is 5. The Balaban J connectivity index is 1.50. The number of esters is 1. The van der Waals surface area contributed by atoms with Gasteiger partial charge in [-0.15, -0.1) is 22.7 Å². The first-order chi connectivity index (χ1) is 13.1. The van der Waals surface area contributed by atoms with Gasteiger partial charge in [-0.05, 0) is 35.9 Å². The number of hydrazone groups is 1. The van der Waals surface area contributed by atoms with Crippen LogP contribution in [-0.4, -0.2) is 29.2 Å². The van der Waals surface area contributed by atoms with Crippen molar-refractivity contribution < 1.29 is 18.7 Å². The Morgan fingerprint density at radius 3 is 2.74 bits per heavy atom. The summed E-state index contributed by atoms with van der Waals surface area (Å²) in [6.45, 7) is 1.30. The highest BCUT2D eigenvalue weighted by atomic mass is 32.1. The zero-order valence-corrected chi connectivity index (χ0v) is 16.1. The predicted octanol–water partition coefficient (Wildman–Crippen LogP) is 4.25. The van der Waals surface area contributed by atoms with Gasteiger partial charge in [0, 0.05) is 11.3 Å². The summed E-state index contributed by atoms with van der Waals surface area (Å²) in [5, 5.41) is 9.93. The molecular formula is C19H16N2O4S2. The Labute approximate surface area is 163 Å². The van der Waals surface area contributed by atoms with Crippen LogP contribution in [0.4, 0.5) is 0 Å². The lowest BCUT2D eigenvalue weighted by atomic mass is 10.1. The van der Waals surface area contributed by atoms with E-state index in [0.29, 0.717) is 17.7 Å². The molecule has 4 rings (SSSR count). The van der Waals surface area contributed by atoms with Crippen LogP contribution in [0, 0.1) is 6.92 Å². The second kappa shape index (κ2) is 7.50. The summed E-state index contributed by atoms with van der Waals surface area (Å²) in [6.07, 6.45) is 2.06. The van der Waals surface area contributed by atoms with Gasteiger partial charge in [0.05, 0.1) is 22.9 Å². The molecule has 1 amide bonds. The number of furan rings is 1. The number of hydrogen-bond acceptors (Lipinski definition) is 7. The van der Waals surface area contributed by atoms with Crippen molar-refractivity contribution >= 4 is 40.3 Å². The molecule has 8 heteroatoms. The van der Waals surface area contributed by atoms with Crippen molar-refractivity contribution in [2.75, 3.05) is 6.61 Å². The number of carbonyl (C=O) groups excluding carboxylic acids is 2. The van der Waals surface area contributed by atoms with Gasteiger partial charge in [-0.25, -0.2) is 9.80 Å². The second-order valence-corrected chi connectivity index (χ2v) is 7.89. The third-order valence-corrected chi connectivity index (χ3v) is 6.14. The normalized spacial score (nSPS) is 16.4. The molecule has 0 aliphatic carbocycles. The number of ether oxygens (including phenoxy) is 1. The van der Waals surface area contributed by atoms with E-state index in [4.69, 9.17) is 9.15 Å². The van der Waals surface area contributed by atoms with Crippen molar-refractivity contribution in [3.8, 4) is 0 Å². The number of amides is 1. The first-order valence-electron chi connectivity index (χ1n) is 8.31. The van der Waals surface area contributed by atoms with Crippen LogP contribution in [0.1, 0.15) is 38.3 Å². The molecule has 0 saturated heterocycles.